The third-order valence-electron chi connectivity index (χ3n) is 8.50. The van der Waals surface area contributed by atoms with Crippen LogP contribution in [0.5, 0.6) is 0 Å². The molecule has 1 heterocycles. The Kier molecular flexibility index (Phi) is 5.96. The Morgan fingerprint density at radius 3 is 2.88 bits per heavy atom. The number of carbonyl (C=O) groups excluding carboxylic acids is 2. The van der Waals surface area contributed by atoms with Crippen molar-refractivity contribution in [3.8, 4) is 0 Å². The summed E-state index contributed by atoms with van der Waals surface area (Å²) in [7, 11) is -1.45. The highest BCUT2D eigenvalue weighted by Crippen LogP contribution is 2.62. The first kappa shape index (κ1) is 22.8. The average molecular weight is 466 g/mol. The summed E-state index contributed by atoms with van der Waals surface area (Å²) in [6.45, 7) is 4.13. The maximum absolute atomic E-state index is 13.2. The third kappa shape index (κ3) is 4.06. The summed E-state index contributed by atoms with van der Waals surface area (Å²) < 4.78 is 0. The summed E-state index contributed by atoms with van der Waals surface area (Å²) in [4.78, 5) is 31.0. The van der Waals surface area contributed by atoms with E-state index in [4.69, 9.17) is 0 Å². The number of Topliss-reactive ketones (excluding diaryl/α,β-unsaturated/α-hetero) is 1. The molecule has 3 N–H and O–H groups in total. The van der Waals surface area contributed by atoms with Crippen molar-refractivity contribution in [1.29, 1.82) is 0 Å². The van der Waals surface area contributed by atoms with Crippen molar-refractivity contribution in [2.45, 2.75) is 64.7 Å². The van der Waals surface area contributed by atoms with Crippen LogP contribution in [0.4, 0.5) is 5.13 Å². The van der Waals surface area contributed by atoms with Crippen LogP contribution in [0.3, 0.4) is 0 Å². The fraction of sp³-hybridized carbons (Fsp3) is 0.560. The van der Waals surface area contributed by atoms with Gasteiger partial charge in [0.25, 0.3) is 0 Å². The van der Waals surface area contributed by atoms with Crippen LogP contribution < -0.4 is 10.8 Å². The van der Waals surface area contributed by atoms with Crippen molar-refractivity contribution >= 4 is 40.7 Å². The standard InChI is InChI=1S/C25H31BN2O4S/c1-14-13-27-24(33-14)28-22(30)8-4-16-12-21(29)25(2)10-9-19-18-7-5-17(26(31)32)11-15(18)3-6-20(19)23(16)25/h5,7,11,13,16,19-20,23,31-32H,3-4,6,8-10,12H2,1-2H3,(H,27,28,30)/t16-,19+,20+,23-,25+/m0/s1. The van der Waals surface area contributed by atoms with Gasteiger partial charge < -0.3 is 15.4 Å². The van der Waals surface area contributed by atoms with Gasteiger partial charge in [-0.2, -0.15) is 0 Å². The first-order valence-corrected chi connectivity index (χ1v) is 12.8. The molecule has 0 aliphatic heterocycles. The number of hydrogen-bond donors (Lipinski definition) is 3. The van der Waals surface area contributed by atoms with Crippen molar-refractivity contribution in [1.82, 2.24) is 4.98 Å². The number of benzene rings is 1. The first-order valence-electron chi connectivity index (χ1n) is 12.0. The van der Waals surface area contributed by atoms with Gasteiger partial charge in [-0.15, -0.1) is 11.3 Å². The predicted molar refractivity (Wildman–Crippen MR) is 129 cm³/mol. The molecule has 2 aromatic rings. The smallest absolute Gasteiger partial charge is 0.423 e. The molecule has 0 saturated heterocycles. The predicted octanol–water partition coefficient (Wildman–Crippen LogP) is 3.20. The van der Waals surface area contributed by atoms with Crippen LogP contribution in [-0.2, 0) is 16.0 Å². The molecule has 174 valence electrons. The molecule has 1 aromatic heterocycles. The molecule has 2 fully saturated rings. The van der Waals surface area contributed by atoms with Crippen molar-refractivity contribution in [3.05, 3.63) is 40.4 Å². The molecule has 1 amide bonds. The summed E-state index contributed by atoms with van der Waals surface area (Å²) in [5.41, 5.74) is 2.79. The minimum absolute atomic E-state index is 0.0261. The molecule has 6 nitrogen and oxygen atoms in total. The van der Waals surface area contributed by atoms with E-state index in [9.17, 15) is 19.6 Å². The van der Waals surface area contributed by atoms with Gasteiger partial charge in [-0.05, 0) is 79.3 Å². The minimum atomic E-state index is -1.45. The van der Waals surface area contributed by atoms with E-state index in [-0.39, 0.29) is 17.2 Å². The highest BCUT2D eigenvalue weighted by molar-refractivity contribution is 7.15. The van der Waals surface area contributed by atoms with Crippen LogP contribution in [-0.4, -0.2) is 33.8 Å². The molecule has 1 aromatic carbocycles. The molecular weight excluding hydrogens is 435 g/mol. The Bertz CT molecular complexity index is 1090. The van der Waals surface area contributed by atoms with Crippen LogP contribution in [0.2, 0.25) is 0 Å². The second kappa shape index (κ2) is 8.64. The van der Waals surface area contributed by atoms with Gasteiger partial charge in [0.2, 0.25) is 5.91 Å². The molecule has 5 atom stereocenters. The number of rotatable bonds is 5. The van der Waals surface area contributed by atoms with E-state index in [1.54, 1.807) is 6.20 Å². The van der Waals surface area contributed by atoms with Gasteiger partial charge in [-0.1, -0.05) is 25.1 Å². The topological polar surface area (TPSA) is 99.5 Å². The SMILES string of the molecule is Cc1cnc(NC(=O)CC[C@H]2CC(=O)[C@@]3(C)CC[C@@H]4c5ccc(B(O)O)cc5CC[C@H]4[C@H]23)s1. The molecule has 33 heavy (non-hydrogen) atoms. The van der Waals surface area contributed by atoms with Crippen molar-refractivity contribution in [2.75, 3.05) is 5.32 Å². The van der Waals surface area contributed by atoms with Crippen LogP contribution in [0.1, 0.15) is 67.4 Å². The second-order valence-electron chi connectivity index (χ2n) is 10.4. The van der Waals surface area contributed by atoms with E-state index in [1.165, 1.54) is 22.5 Å². The molecule has 0 bridgehead atoms. The maximum Gasteiger partial charge on any atom is 0.488 e. The van der Waals surface area contributed by atoms with E-state index in [0.717, 1.165) is 37.0 Å². The number of fused-ring (bicyclic) bond motifs is 5. The number of aromatic nitrogens is 1. The van der Waals surface area contributed by atoms with Crippen molar-refractivity contribution in [3.63, 3.8) is 0 Å². The average Bonchev–Trinajstić information content (AvgIpc) is 3.31. The Morgan fingerprint density at radius 1 is 1.33 bits per heavy atom. The highest BCUT2D eigenvalue weighted by Gasteiger charge is 2.58. The first-order chi connectivity index (χ1) is 15.8. The van der Waals surface area contributed by atoms with Crippen LogP contribution in [0, 0.1) is 30.1 Å². The number of nitrogens with one attached hydrogen (secondary N) is 1. The Balaban J connectivity index is 1.33. The molecule has 3 aliphatic rings. The lowest BCUT2D eigenvalue weighted by Gasteiger charge is -2.50. The van der Waals surface area contributed by atoms with E-state index in [2.05, 4.69) is 23.3 Å². The molecule has 0 unspecified atom stereocenters. The minimum Gasteiger partial charge on any atom is -0.423 e. The lowest BCUT2D eigenvalue weighted by molar-refractivity contribution is -0.129. The largest absolute Gasteiger partial charge is 0.488 e. The van der Waals surface area contributed by atoms with Gasteiger partial charge in [0, 0.05) is 29.3 Å². The zero-order valence-corrected chi connectivity index (χ0v) is 20.0. The van der Waals surface area contributed by atoms with Crippen LogP contribution in [0.25, 0.3) is 0 Å². The number of anilines is 1. The summed E-state index contributed by atoms with van der Waals surface area (Å²) in [5, 5.41) is 22.7. The number of nitrogens with zero attached hydrogens (tertiary/aromatic N) is 1. The van der Waals surface area contributed by atoms with E-state index < -0.39 is 7.12 Å². The van der Waals surface area contributed by atoms with Gasteiger partial charge in [0.1, 0.15) is 5.78 Å². The molecule has 2 saturated carbocycles. The molecule has 0 spiro atoms. The fourth-order valence-electron chi connectivity index (χ4n) is 7.00. The van der Waals surface area contributed by atoms with E-state index >= 15 is 0 Å². The zero-order valence-electron chi connectivity index (χ0n) is 19.2. The Labute approximate surface area is 199 Å². The molecular formula is C25H31BN2O4S. The molecule has 3 aliphatic carbocycles. The van der Waals surface area contributed by atoms with Gasteiger partial charge in [0.05, 0.1) is 0 Å². The number of carbonyl (C=O) groups is 2. The summed E-state index contributed by atoms with van der Waals surface area (Å²) in [6, 6.07) is 5.83. The molecule has 8 heteroatoms. The zero-order chi connectivity index (χ0) is 23.3. The fourth-order valence-corrected chi connectivity index (χ4v) is 7.68. The van der Waals surface area contributed by atoms with Gasteiger partial charge in [0.15, 0.2) is 5.13 Å². The number of ketones is 1. The monoisotopic (exact) mass is 466 g/mol. The number of amides is 1. The van der Waals surface area contributed by atoms with Gasteiger partial charge >= 0.3 is 7.12 Å². The summed E-state index contributed by atoms with van der Waals surface area (Å²) >= 11 is 1.47. The highest BCUT2D eigenvalue weighted by atomic mass is 32.1. The lowest BCUT2D eigenvalue weighted by atomic mass is 9.53. The lowest BCUT2D eigenvalue weighted by Crippen LogP contribution is -2.44. The summed E-state index contributed by atoms with van der Waals surface area (Å²) in [6.07, 6.45) is 7.27. The maximum atomic E-state index is 13.2. The van der Waals surface area contributed by atoms with Crippen LogP contribution >= 0.6 is 11.3 Å². The van der Waals surface area contributed by atoms with Gasteiger partial charge in [-0.3, -0.25) is 9.59 Å². The Hall–Kier alpha value is -2.03. The number of aryl methyl sites for hydroxylation is 2. The van der Waals surface area contributed by atoms with E-state index in [1.807, 2.05) is 19.1 Å². The molecule has 5 rings (SSSR count). The van der Waals surface area contributed by atoms with Crippen LogP contribution in [0.15, 0.2) is 24.4 Å². The quantitative estimate of drug-likeness (QED) is 0.588. The van der Waals surface area contributed by atoms with Gasteiger partial charge in [-0.25, -0.2) is 4.98 Å². The normalized spacial score (nSPS) is 30.4. The number of thiazole rings is 1. The molecule has 0 radical (unpaired) electrons. The third-order valence-corrected chi connectivity index (χ3v) is 9.33. The van der Waals surface area contributed by atoms with Crippen molar-refractivity contribution in [2.24, 2.45) is 23.2 Å². The number of hydrogen-bond acceptors (Lipinski definition) is 6. The van der Waals surface area contributed by atoms with Crippen molar-refractivity contribution < 1.29 is 19.6 Å². The second-order valence-corrected chi connectivity index (χ2v) is 11.6. The summed E-state index contributed by atoms with van der Waals surface area (Å²) in [5.74, 6) is 1.71. The Morgan fingerprint density at radius 2 is 2.15 bits per heavy atom. The van der Waals surface area contributed by atoms with E-state index in [0.29, 0.717) is 47.0 Å².